The molecule has 0 aromatic carbocycles. The summed E-state index contributed by atoms with van der Waals surface area (Å²) >= 11 is 0. The van der Waals surface area contributed by atoms with E-state index in [9.17, 15) is 14.7 Å². The molecule has 2 atom stereocenters. The average Bonchev–Trinajstić information content (AvgIpc) is 2.47. The fourth-order valence-electron chi connectivity index (χ4n) is 3.81. The van der Waals surface area contributed by atoms with Crippen LogP contribution in [-0.4, -0.2) is 35.0 Å². The number of nitrogens with zero attached hydrogens (tertiary/aromatic N) is 1. The van der Waals surface area contributed by atoms with Crippen molar-refractivity contribution in [2.24, 2.45) is 17.8 Å². The van der Waals surface area contributed by atoms with Crippen molar-refractivity contribution in [3.63, 3.8) is 0 Å². The molecule has 0 aromatic heterocycles. The van der Waals surface area contributed by atoms with Gasteiger partial charge in [0.25, 0.3) is 0 Å². The quantitative estimate of drug-likeness (QED) is 0.862. The Morgan fingerprint density at radius 1 is 1.05 bits per heavy atom. The second-order valence-electron chi connectivity index (χ2n) is 6.39. The zero-order chi connectivity index (χ0) is 14.5. The lowest BCUT2D eigenvalue weighted by Gasteiger charge is -2.37. The predicted octanol–water partition coefficient (Wildman–Crippen LogP) is 2.92. The summed E-state index contributed by atoms with van der Waals surface area (Å²) in [7, 11) is 0. The van der Waals surface area contributed by atoms with Gasteiger partial charge in [-0.3, -0.25) is 9.59 Å². The second-order valence-corrected chi connectivity index (χ2v) is 6.39. The lowest BCUT2D eigenvalue weighted by Crippen LogP contribution is -2.45. The van der Waals surface area contributed by atoms with Gasteiger partial charge in [0.2, 0.25) is 5.91 Å². The van der Waals surface area contributed by atoms with Gasteiger partial charge in [0.15, 0.2) is 0 Å². The van der Waals surface area contributed by atoms with Gasteiger partial charge in [-0.2, -0.15) is 0 Å². The number of rotatable bonds is 4. The molecule has 2 fully saturated rings. The molecule has 1 aliphatic carbocycles. The van der Waals surface area contributed by atoms with Gasteiger partial charge in [-0.05, 0) is 31.6 Å². The fraction of sp³-hybridized carbons (Fsp3) is 0.875. The van der Waals surface area contributed by atoms with Crippen molar-refractivity contribution < 1.29 is 14.7 Å². The third-order valence-electron chi connectivity index (χ3n) is 5.02. The number of likely N-dealkylation sites (tertiary alicyclic amines) is 1. The Kier molecular flexibility index (Phi) is 5.44. The maximum Gasteiger partial charge on any atom is 0.307 e. The fourth-order valence-corrected chi connectivity index (χ4v) is 3.81. The Bertz CT molecular complexity index is 348. The van der Waals surface area contributed by atoms with Crippen LogP contribution in [0.15, 0.2) is 0 Å². The van der Waals surface area contributed by atoms with Crippen molar-refractivity contribution >= 4 is 11.9 Å². The van der Waals surface area contributed by atoms with E-state index in [1.54, 1.807) is 0 Å². The lowest BCUT2D eigenvalue weighted by atomic mass is 9.78. The lowest BCUT2D eigenvalue weighted by molar-refractivity contribution is -0.153. The van der Waals surface area contributed by atoms with Crippen LogP contribution in [0.5, 0.6) is 0 Å². The van der Waals surface area contributed by atoms with E-state index in [1.807, 2.05) is 4.90 Å². The van der Waals surface area contributed by atoms with Crippen LogP contribution < -0.4 is 0 Å². The van der Waals surface area contributed by atoms with Crippen LogP contribution in [0.1, 0.15) is 58.3 Å². The molecule has 2 unspecified atom stereocenters. The first kappa shape index (κ1) is 15.3. The summed E-state index contributed by atoms with van der Waals surface area (Å²) < 4.78 is 0. The van der Waals surface area contributed by atoms with Crippen molar-refractivity contribution in [1.29, 1.82) is 0 Å². The molecule has 1 amide bonds. The molecule has 2 rings (SSSR count). The van der Waals surface area contributed by atoms with Gasteiger partial charge in [0, 0.05) is 13.1 Å². The third kappa shape index (κ3) is 3.53. The second kappa shape index (κ2) is 7.09. The highest BCUT2D eigenvalue weighted by molar-refractivity contribution is 5.85. The van der Waals surface area contributed by atoms with Crippen LogP contribution in [-0.2, 0) is 9.59 Å². The van der Waals surface area contributed by atoms with Crippen LogP contribution in [0.25, 0.3) is 0 Å². The average molecular weight is 281 g/mol. The molecule has 1 heterocycles. The first-order chi connectivity index (χ1) is 9.63. The van der Waals surface area contributed by atoms with Gasteiger partial charge in [-0.15, -0.1) is 0 Å². The van der Waals surface area contributed by atoms with Gasteiger partial charge >= 0.3 is 5.97 Å². The van der Waals surface area contributed by atoms with E-state index in [0.29, 0.717) is 6.42 Å². The number of hydrogen-bond acceptors (Lipinski definition) is 2. The summed E-state index contributed by atoms with van der Waals surface area (Å²) in [6.07, 6.45) is 7.99. The standard InChI is InChI=1S/C16H27NO3/c1-2-5-12-8-10-17(11-9-12)15(18)13-6-3-4-7-14(13)16(19)20/h12-14H,2-11H2,1H3,(H,19,20). The minimum absolute atomic E-state index is 0.104. The van der Waals surface area contributed by atoms with E-state index in [4.69, 9.17) is 0 Å². The first-order valence-electron chi connectivity index (χ1n) is 8.15. The summed E-state index contributed by atoms with van der Waals surface area (Å²) in [6, 6.07) is 0. The molecule has 2 aliphatic rings. The van der Waals surface area contributed by atoms with E-state index in [2.05, 4.69) is 6.92 Å². The largest absolute Gasteiger partial charge is 0.481 e. The highest BCUT2D eigenvalue weighted by Gasteiger charge is 2.38. The Balaban J connectivity index is 1.92. The molecule has 0 bridgehead atoms. The normalized spacial score (nSPS) is 28.4. The zero-order valence-corrected chi connectivity index (χ0v) is 12.5. The maximum absolute atomic E-state index is 12.6. The summed E-state index contributed by atoms with van der Waals surface area (Å²) in [5, 5.41) is 9.30. The van der Waals surface area contributed by atoms with Gasteiger partial charge in [-0.1, -0.05) is 32.6 Å². The molecule has 4 heteroatoms. The smallest absolute Gasteiger partial charge is 0.307 e. The number of piperidine rings is 1. The number of carboxylic acid groups (broad SMARTS) is 1. The summed E-state index contributed by atoms with van der Waals surface area (Å²) in [6.45, 7) is 3.86. The molecule has 1 N–H and O–H groups in total. The van der Waals surface area contributed by atoms with E-state index in [0.717, 1.165) is 51.1 Å². The monoisotopic (exact) mass is 281 g/mol. The Labute approximate surface area is 121 Å². The van der Waals surface area contributed by atoms with Crippen LogP contribution in [0.2, 0.25) is 0 Å². The zero-order valence-electron chi connectivity index (χ0n) is 12.5. The number of aliphatic carboxylic acids is 1. The number of carbonyl (C=O) groups excluding carboxylic acids is 1. The first-order valence-corrected chi connectivity index (χ1v) is 8.15. The third-order valence-corrected chi connectivity index (χ3v) is 5.02. The predicted molar refractivity (Wildman–Crippen MR) is 77.3 cm³/mol. The molecule has 0 spiro atoms. The highest BCUT2D eigenvalue weighted by Crippen LogP contribution is 2.33. The Morgan fingerprint density at radius 3 is 2.20 bits per heavy atom. The van der Waals surface area contributed by atoms with Gasteiger partial charge in [0.05, 0.1) is 11.8 Å². The Morgan fingerprint density at radius 2 is 1.65 bits per heavy atom. The minimum Gasteiger partial charge on any atom is -0.481 e. The van der Waals surface area contributed by atoms with Gasteiger partial charge in [-0.25, -0.2) is 0 Å². The molecule has 1 saturated carbocycles. The summed E-state index contributed by atoms with van der Waals surface area (Å²) in [5.74, 6) is -0.657. The molecule has 1 saturated heterocycles. The van der Waals surface area contributed by atoms with Crippen LogP contribution in [0, 0.1) is 17.8 Å². The molecule has 0 radical (unpaired) electrons. The number of hydrogen-bond donors (Lipinski definition) is 1. The molecular weight excluding hydrogens is 254 g/mol. The molecule has 114 valence electrons. The SMILES string of the molecule is CCCC1CCN(C(=O)C2CCCCC2C(=O)O)CC1. The van der Waals surface area contributed by atoms with Gasteiger partial charge < -0.3 is 10.0 Å². The number of carboxylic acids is 1. The van der Waals surface area contributed by atoms with E-state index >= 15 is 0 Å². The summed E-state index contributed by atoms with van der Waals surface area (Å²) in [5.41, 5.74) is 0. The van der Waals surface area contributed by atoms with E-state index in [-0.39, 0.29) is 11.8 Å². The van der Waals surface area contributed by atoms with Crippen LogP contribution >= 0.6 is 0 Å². The van der Waals surface area contributed by atoms with Crippen molar-refractivity contribution in [2.75, 3.05) is 13.1 Å². The topological polar surface area (TPSA) is 57.6 Å². The van der Waals surface area contributed by atoms with Crippen molar-refractivity contribution in [3.05, 3.63) is 0 Å². The van der Waals surface area contributed by atoms with Crippen molar-refractivity contribution in [3.8, 4) is 0 Å². The van der Waals surface area contributed by atoms with Crippen molar-refractivity contribution in [2.45, 2.75) is 58.3 Å². The molecule has 1 aliphatic heterocycles. The number of carbonyl (C=O) groups is 2. The molecule has 0 aromatic rings. The summed E-state index contributed by atoms with van der Waals surface area (Å²) in [4.78, 5) is 25.8. The van der Waals surface area contributed by atoms with Crippen molar-refractivity contribution in [1.82, 2.24) is 4.90 Å². The van der Waals surface area contributed by atoms with Crippen LogP contribution in [0.4, 0.5) is 0 Å². The van der Waals surface area contributed by atoms with Crippen LogP contribution in [0.3, 0.4) is 0 Å². The van der Waals surface area contributed by atoms with E-state index in [1.165, 1.54) is 12.8 Å². The number of amides is 1. The molecule has 20 heavy (non-hydrogen) atoms. The molecule has 4 nitrogen and oxygen atoms in total. The maximum atomic E-state index is 12.6. The van der Waals surface area contributed by atoms with E-state index < -0.39 is 11.9 Å². The minimum atomic E-state index is -0.788. The molecular formula is C16H27NO3. The van der Waals surface area contributed by atoms with Gasteiger partial charge in [0.1, 0.15) is 0 Å². The highest BCUT2D eigenvalue weighted by atomic mass is 16.4. The Hall–Kier alpha value is -1.06.